The Morgan fingerprint density at radius 3 is 2.91 bits per heavy atom. The van der Waals surface area contributed by atoms with Crippen LogP contribution in [-0.2, 0) is 11.1 Å². The lowest BCUT2D eigenvalue weighted by Crippen LogP contribution is -2.10. The van der Waals surface area contributed by atoms with Crippen LogP contribution in [0.3, 0.4) is 0 Å². The molecule has 1 N–H and O–H groups in total. The van der Waals surface area contributed by atoms with E-state index in [1.165, 1.54) is 0 Å². The predicted molar refractivity (Wildman–Crippen MR) is 86.6 cm³/mol. The van der Waals surface area contributed by atoms with Crippen LogP contribution in [0.1, 0.15) is 17.0 Å². The lowest BCUT2D eigenvalue weighted by molar-refractivity contribution is 0.336. The van der Waals surface area contributed by atoms with Gasteiger partial charge in [-0.2, -0.15) is 0 Å². The molecule has 22 heavy (non-hydrogen) atoms. The van der Waals surface area contributed by atoms with E-state index in [2.05, 4.69) is 0 Å². The third-order valence-corrected chi connectivity index (χ3v) is 4.50. The van der Waals surface area contributed by atoms with Crippen LogP contribution >= 0.6 is 11.6 Å². The van der Waals surface area contributed by atoms with E-state index in [1.54, 1.807) is 6.07 Å². The maximum absolute atomic E-state index is 11.0. The number of hydrogen-bond acceptors (Lipinski definition) is 3. The van der Waals surface area contributed by atoms with Crippen molar-refractivity contribution in [2.75, 3.05) is 12.4 Å². The number of benzene rings is 2. The summed E-state index contributed by atoms with van der Waals surface area (Å²) in [6.07, 6.45) is 0. The topological polar surface area (TPSA) is 55.8 Å². The lowest BCUT2D eigenvalue weighted by atomic mass is 10.0. The average Bonchev–Trinajstić information content (AvgIpc) is 2.84. The van der Waals surface area contributed by atoms with E-state index >= 15 is 0 Å². The molecule has 1 aliphatic rings. The number of hydrogen-bond donors (Lipinski definition) is 1. The summed E-state index contributed by atoms with van der Waals surface area (Å²) in [6.45, 7) is 2.35. The summed E-state index contributed by atoms with van der Waals surface area (Å²) in [6, 6.07) is 11.0. The molecule has 0 saturated carbocycles. The Morgan fingerprint density at radius 1 is 1.36 bits per heavy atom. The minimum atomic E-state index is -1.83. The summed E-state index contributed by atoms with van der Waals surface area (Å²) in [7, 11) is 0. The fourth-order valence-electron chi connectivity index (χ4n) is 2.48. The lowest BCUT2D eigenvalue weighted by Gasteiger charge is -2.10. The van der Waals surface area contributed by atoms with E-state index < -0.39 is 11.1 Å². The van der Waals surface area contributed by atoms with Crippen molar-refractivity contribution >= 4 is 22.7 Å². The van der Waals surface area contributed by atoms with Gasteiger partial charge in [0.05, 0.1) is 12.4 Å². The molecule has 4 nitrogen and oxygen atoms in total. The van der Waals surface area contributed by atoms with Crippen LogP contribution in [0.15, 0.2) is 36.4 Å². The van der Waals surface area contributed by atoms with Crippen LogP contribution in [0.4, 0.5) is 0 Å². The van der Waals surface area contributed by atoms with E-state index in [0.29, 0.717) is 23.1 Å². The highest BCUT2D eigenvalue weighted by atomic mass is 35.5. The van der Waals surface area contributed by atoms with Crippen molar-refractivity contribution in [1.82, 2.24) is 0 Å². The van der Waals surface area contributed by atoms with Crippen LogP contribution in [0.5, 0.6) is 17.2 Å². The minimum Gasteiger partial charge on any atom is -0.492 e. The Balaban J connectivity index is 1.81. The first kappa shape index (κ1) is 15.3. The summed E-state index contributed by atoms with van der Waals surface area (Å²) in [4.78, 5) is 0. The van der Waals surface area contributed by atoms with Gasteiger partial charge >= 0.3 is 0 Å². The summed E-state index contributed by atoms with van der Waals surface area (Å²) < 4.78 is 31.4. The molecule has 0 spiro atoms. The first-order valence-corrected chi connectivity index (χ1v) is 8.46. The average molecular weight is 339 g/mol. The van der Waals surface area contributed by atoms with Crippen molar-refractivity contribution in [3.05, 3.63) is 52.5 Å². The van der Waals surface area contributed by atoms with Gasteiger partial charge in [0.15, 0.2) is 11.1 Å². The van der Waals surface area contributed by atoms with Gasteiger partial charge in [0.2, 0.25) is 0 Å². The van der Waals surface area contributed by atoms with Gasteiger partial charge in [-0.25, -0.2) is 4.21 Å². The quantitative estimate of drug-likeness (QED) is 0.851. The zero-order valence-electron chi connectivity index (χ0n) is 11.9. The van der Waals surface area contributed by atoms with Crippen LogP contribution in [0, 0.1) is 6.92 Å². The molecule has 0 bridgehead atoms. The molecule has 0 aromatic heterocycles. The third kappa shape index (κ3) is 3.27. The van der Waals surface area contributed by atoms with Crippen molar-refractivity contribution in [1.29, 1.82) is 0 Å². The van der Waals surface area contributed by atoms with Gasteiger partial charge in [-0.05, 0) is 36.8 Å². The van der Waals surface area contributed by atoms with E-state index in [9.17, 15) is 4.21 Å². The first-order valence-electron chi connectivity index (χ1n) is 6.81. The summed E-state index contributed by atoms with van der Waals surface area (Å²) >= 11 is 4.10. The molecule has 116 valence electrons. The molecule has 1 aliphatic heterocycles. The van der Waals surface area contributed by atoms with E-state index in [-0.39, 0.29) is 11.7 Å². The Morgan fingerprint density at radius 2 is 2.18 bits per heavy atom. The molecule has 2 unspecified atom stereocenters. The van der Waals surface area contributed by atoms with E-state index in [1.807, 2.05) is 37.3 Å². The predicted octanol–water partition coefficient (Wildman–Crippen LogP) is 4.14. The minimum absolute atomic E-state index is 0.0489. The Hall–Kier alpha value is -1.56. The van der Waals surface area contributed by atoms with Crippen LogP contribution in [-0.4, -0.2) is 21.1 Å². The summed E-state index contributed by atoms with van der Waals surface area (Å²) in [5.41, 5.74) is 1.89. The molecule has 0 saturated heterocycles. The van der Waals surface area contributed by atoms with E-state index in [4.69, 9.17) is 25.6 Å². The molecular weight excluding hydrogens is 324 g/mol. The molecule has 0 fully saturated rings. The SMILES string of the molecule is Cc1cc(Cl)ccc1Oc1ccc2c(c1)OCC2CS(=O)O. The fourth-order valence-corrected chi connectivity index (χ4v) is 3.33. The monoisotopic (exact) mass is 338 g/mol. The molecular formula is C16H15ClO4S. The van der Waals surface area contributed by atoms with Gasteiger partial charge in [0.1, 0.15) is 17.2 Å². The normalized spacial score (nSPS) is 17.7. The van der Waals surface area contributed by atoms with Crippen LogP contribution in [0.2, 0.25) is 5.02 Å². The highest BCUT2D eigenvalue weighted by Crippen LogP contribution is 2.38. The van der Waals surface area contributed by atoms with Gasteiger partial charge < -0.3 is 14.0 Å². The maximum atomic E-state index is 11.0. The summed E-state index contributed by atoms with van der Waals surface area (Å²) in [5.74, 6) is 2.24. The molecule has 0 radical (unpaired) electrons. The second-order valence-corrected chi connectivity index (χ2v) is 6.62. The van der Waals surface area contributed by atoms with Crippen LogP contribution < -0.4 is 9.47 Å². The molecule has 2 aromatic carbocycles. The smallest absolute Gasteiger partial charge is 0.153 e. The first-order chi connectivity index (χ1) is 10.5. The number of aryl methyl sites for hydroxylation is 1. The van der Waals surface area contributed by atoms with Crippen molar-refractivity contribution in [3.63, 3.8) is 0 Å². The van der Waals surface area contributed by atoms with Gasteiger partial charge in [-0.3, -0.25) is 0 Å². The standard InChI is InChI=1S/C16H15ClO4S/c1-10-6-12(17)2-5-15(10)21-13-3-4-14-11(9-22(18)19)8-20-16(14)7-13/h2-7,11H,8-9H2,1H3,(H,18,19). The Labute approximate surface area is 136 Å². The summed E-state index contributed by atoms with van der Waals surface area (Å²) in [5, 5.41) is 0.669. The molecule has 6 heteroatoms. The number of halogens is 1. The number of fused-ring (bicyclic) bond motifs is 1. The zero-order chi connectivity index (χ0) is 15.7. The number of rotatable bonds is 4. The fraction of sp³-hybridized carbons (Fsp3) is 0.250. The van der Waals surface area contributed by atoms with Gasteiger partial charge in [-0.15, -0.1) is 0 Å². The van der Waals surface area contributed by atoms with Gasteiger partial charge in [0.25, 0.3) is 0 Å². The second-order valence-electron chi connectivity index (χ2n) is 5.21. The highest BCUT2D eigenvalue weighted by Gasteiger charge is 2.26. The zero-order valence-corrected chi connectivity index (χ0v) is 13.5. The molecule has 0 amide bonds. The Kier molecular flexibility index (Phi) is 4.38. The largest absolute Gasteiger partial charge is 0.492 e. The Bertz CT molecular complexity index is 732. The molecule has 2 aromatic rings. The van der Waals surface area contributed by atoms with Crippen molar-refractivity contribution in [2.45, 2.75) is 12.8 Å². The van der Waals surface area contributed by atoms with Crippen LogP contribution in [0.25, 0.3) is 0 Å². The van der Waals surface area contributed by atoms with Crippen molar-refractivity contribution in [2.24, 2.45) is 0 Å². The van der Waals surface area contributed by atoms with Crippen molar-refractivity contribution in [3.8, 4) is 17.2 Å². The molecule has 0 aliphatic carbocycles. The molecule has 2 atom stereocenters. The van der Waals surface area contributed by atoms with E-state index in [0.717, 1.165) is 16.9 Å². The second kappa shape index (κ2) is 6.28. The van der Waals surface area contributed by atoms with Gasteiger partial charge in [-0.1, -0.05) is 17.7 Å². The number of ether oxygens (including phenoxy) is 2. The highest BCUT2D eigenvalue weighted by molar-refractivity contribution is 7.79. The van der Waals surface area contributed by atoms with Gasteiger partial charge in [0, 0.05) is 22.6 Å². The molecule has 1 heterocycles. The van der Waals surface area contributed by atoms with Crippen molar-refractivity contribution < 1.29 is 18.2 Å². The maximum Gasteiger partial charge on any atom is 0.153 e. The third-order valence-electron chi connectivity index (χ3n) is 3.57. The molecule has 3 rings (SSSR count).